The lowest BCUT2D eigenvalue weighted by Gasteiger charge is -2.34. The predicted octanol–water partition coefficient (Wildman–Crippen LogP) is 2.21. The lowest BCUT2D eigenvalue weighted by atomic mass is 9.96. The van der Waals surface area contributed by atoms with E-state index in [9.17, 15) is 4.79 Å². The Morgan fingerprint density at radius 2 is 2.30 bits per heavy atom. The van der Waals surface area contributed by atoms with Crippen molar-refractivity contribution >= 4 is 28.8 Å². The molecule has 27 heavy (non-hydrogen) atoms. The highest BCUT2D eigenvalue weighted by atomic mass is 32.1. The Morgan fingerprint density at radius 3 is 3.19 bits per heavy atom. The summed E-state index contributed by atoms with van der Waals surface area (Å²) in [7, 11) is 0. The molecule has 1 atom stereocenters. The normalized spacial score (nSPS) is 19.4. The molecule has 4 heterocycles. The van der Waals surface area contributed by atoms with Crippen molar-refractivity contribution in [2.75, 3.05) is 18.0 Å². The van der Waals surface area contributed by atoms with Gasteiger partial charge in [0.2, 0.25) is 5.91 Å². The lowest BCUT2D eigenvalue weighted by Crippen LogP contribution is -2.44. The number of fused-ring (bicyclic) bond motifs is 2. The van der Waals surface area contributed by atoms with Crippen molar-refractivity contribution in [2.45, 2.75) is 38.6 Å². The molecule has 1 unspecified atom stereocenters. The molecule has 1 amide bonds. The molecule has 5 rings (SSSR count). The second-order valence-electron chi connectivity index (χ2n) is 7.27. The highest BCUT2D eigenvalue weighted by molar-refractivity contribution is 7.09. The van der Waals surface area contributed by atoms with Crippen LogP contribution < -0.4 is 10.2 Å². The number of thiophene rings is 1. The number of hydrogen-bond donors (Lipinski definition) is 1. The zero-order valence-corrected chi connectivity index (χ0v) is 15.9. The molecule has 0 saturated carbocycles. The molecule has 1 saturated heterocycles. The number of piperidine rings is 1. The van der Waals surface area contributed by atoms with Crippen molar-refractivity contribution < 1.29 is 4.79 Å². The van der Waals surface area contributed by atoms with Gasteiger partial charge in [-0.3, -0.25) is 4.79 Å². The van der Waals surface area contributed by atoms with Gasteiger partial charge in [0.1, 0.15) is 12.1 Å². The lowest BCUT2D eigenvalue weighted by molar-refractivity contribution is -0.125. The Bertz CT molecular complexity index is 966. The molecule has 0 radical (unpaired) electrons. The van der Waals surface area contributed by atoms with Crippen LogP contribution in [0, 0.1) is 5.92 Å². The minimum absolute atomic E-state index is 0.00232. The predicted molar refractivity (Wildman–Crippen MR) is 104 cm³/mol. The molecule has 0 bridgehead atoms. The van der Waals surface area contributed by atoms with Crippen molar-refractivity contribution in [3.05, 3.63) is 40.0 Å². The van der Waals surface area contributed by atoms with Crippen LogP contribution in [0.2, 0.25) is 0 Å². The molecule has 1 aliphatic carbocycles. The summed E-state index contributed by atoms with van der Waals surface area (Å²) in [5.74, 6) is 1.91. The van der Waals surface area contributed by atoms with Gasteiger partial charge in [-0.05, 0) is 43.6 Å². The van der Waals surface area contributed by atoms with Gasteiger partial charge in [-0.25, -0.2) is 4.98 Å². The van der Waals surface area contributed by atoms with E-state index in [1.807, 2.05) is 16.0 Å². The van der Waals surface area contributed by atoms with Crippen molar-refractivity contribution in [2.24, 2.45) is 5.92 Å². The first-order valence-corrected chi connectivity index (χ1v) is 10.4. The fourth-order valence-corrected chi connectivity index (χ4v) is 4.89. The number of nitrogens with zero attached hydrogens (tertiary/aromatic N) is 5. The molecule has 1 N–H and O–H groups in total. The Kier molecular flexibility index (Phi) is 4.27. The third kappa shape index (κ3) is 3.07. The van der Waals surface area contributed by atoms with Gasteiger partial charge in [-0.1, -0.05) is 6.07 Å². The fourth-order valence-electron chi connectivity index (χ4n) is 4.24. The van der Waals surface area contributed by atoms with Gasteiger partial charge in [0, 0.05) is 23.5 Å². The second kappa shape index (κ2) is 6.92. The van der Waals surface area contributed by atoms with Gasteiger partial charge in [0.15, 0.2) is 0 Å². The van der Waals surface area contributed by atoms with Gasteiger partial charge in [0.25, 0.3) is 5.78 Å². The molecular formula is C19H22N6OS. The first kappa shape index (κ1) is 16.7. The van der Waals surface area contributed by atoms with E-state index >= 15 is 0 Å². The molecule has 140 valence electrons. The maximum absolute atomic E-state index is 12.7. The van der Waals surface area contributed by atoms with Crippen LogP contribution in [0.3, 0.4) is 0 Å². The number of hydrogen-bond acceptors (Lipinski definition) is 6. The smallest absolute Gasteiger partial charge is 0.254 e. The highest BCUT2D eigenvalue weighted by Gasteiger charge is 2.31. The SMILES string of the molecule is O=C(NCc1cccs1)C1CCCN(c2c3c(nc4ncnn24)CCC3)C1. The van der Waals surface area contributed by atoms with Crippen molar-refractivity contribution in [3.63, 3.8) is 0 Å². The highest BCUT2D eigenvalue weighted by Crippen LogP contribution is 2.33. The molecule has 7 nitrogen and oxygen atoms in total. The summed E-state index contributed by atoms with van der Waals surface area (Å²) < 4.78 is 1.86. The fraction of sp³-hybridized carbons (Fsp3) is 0.474. The van der Waals surface area contributed by atoms with Crippen molar-refractivity contribution in [1.82, 2.24) is 24.9 Å². The van der Waals surface area contributed by atoms with E-state index in [0.29, 0.717) is 12.3 Å². The summed E-state index contributed by atoms with van der Waals surface area (Å²) in [6.07, 6.45) is 6.66. The molecule has 1 fully saturated rings. The van der Waals surface area contributed by atoms with E-state index in [1.165, 1.54) is 10.4 Å². The molecule has 0 aromatic carbocycles. The second-order valence-corrected chi connectivity index (χ2v) is 8.30. The van der Waals surface area contributed by atoms with Crippen molar-refractivity contribution in [1.29, 1.82) is 0 Å². The summed E-state index contributed by atoms with van der Waals surface area (Å²) in [6, 6.07) is 4.07. The molecule has 3 aromatic heterocycles. The minimum atomic E-state index is 0.00232. The number of aryl methyl sites for hydroxylation is 1. The standard InChI is InChI=1S/C19H22N6OS/c26-17(20-10-14-5-3-9-27-14)13-4-2-8-24(11-13)18-15-6-1-7-16(15)23-19-21-12-22-25(18)19/h3,5,9,12-13H,1-2,4,6-8,10-11H2,(H,20,26). The van der Waals surface area contributed by atoms with E-state index in [-0.39, 0.29) is 11.8 Å². The van der Waals surface area contributed by atoms with Crippen LogP contribution in [0.25, 0.3) is 5.78 Å². The van der Waals surface area contributed by atoms with Crippen LogP contribution in [0.5, 0.6) is 0 Å². The van der Waals surface area contributed by atoms with Gasteiger partial charge in [-0.2, -0.15) is 14.6 Å². The Labute approximate surface area is 161 Å². The maximum Gasteiger partial charge on any atom is 0.254 e. The summed E-state index contributed by atoms with van der Waals surface area (Å²) >= 11 is 1.67. The number of nitrogens with one attached hydrogen (secondary N) is 1. The van der Waals surface area contributed by atoms with Gasteiger partial charge in [-0.15, -0.1) is 11.3 Å². The average Bonchev–Trinajstić information content (AvgIpc) is 3.45. The molecule has 8 heteroatoms. The molecule has 2 aliphatic rings. The average molecular weight is 382 g/mol. The van der Waals surface area contributed by atoms with E-state index in [2.05, 4.69) is 31.3 Å². The number of carbonyl (C=O) groups excluding carboxylic acids is 1. The van der Waals surface area contributed by atoms with Crippen LogP contribution in [-0.4, -0.2) is 38.6 Å². The number of rotatable bonds is 4. The summed E-state index contributed by atoms with van der Waals surface area (Å²) in [4.78, 5) is 25.2. The van der Waals surface area contributed by atoms with Crippen LogP contribution >= 0.6 is 11.3 Å². The Hall–Kier alpha value is -2.48. The van der Waals surface area contributed by atoms with Gasteiger partial charge >= 0.3 is 0 Å². The van der Waals surface area contributed by atoms with Gasteiger partial charge < -0.3 is 10.2 Å². The Balaban J connectivity index is 1.38. The number of carbonyl (C=O) groups is 1. The summed E-state index contributed by atoms with van der Waals surface area (Å²) in [5.41, 5.74) is 2.43. The number of anilines is 1. The van der Waals surface area contributed by atoms with E-state index in [0.717, 1.165) is 56.7 Å². The van der Waals surface area contributed by atoms with E-state index in [4.69, 9.17) is 0 Å². The van der Waals surface area contributed by atoms with Crippen LogP contribution in [0.4, 0.5) is 5.82 Å². The van der Waals surface area contributed by atoms with Crippen molar-refractivity contribution in [3.8, 4) is 0 Å². The third-order valence-corrected chi connectivity index (χ3v) is 6.41. The summed E-state index contributed by atoms with van der Waals surface area (Å²) in [6.45, 7) is 2.28. The van der Waals surface area contributed by atoms with Crippen LogP contribution in [0.1, 0.15) is 35.4 Å². The molecule has 1 aliphatic heterocycles. The monoisotopic (exact) mass is 382 g/mol. The quantitative estimate of drug-likeness (QED) is 0.749. The minimum Gasteiger partial charge on any atom is -0.355 e. The summed E-state index contributed by atoms with van der Waals surface area (Å²) in [5, 5.41) is 9.56. The molecule has 3 aromatic rings. The van der Waals surface area contributed by atoms with E-state index in [1.54, 1.807) is 17.7 Å². The largest absolute Gasteiger partial charge is 0.355 e. The van der Waals surface area contributed by atoms with E-state index < -0.39 is 0 Å². The zero-order chi connectivity index (χ0) is 18.2. The Morgan fingerprint density at radius 1 is 1.33 bits per heavy atom. The zero-order valence-electron chi connectivity index (χ0n) is 15.1. The third-order valence-electron chi connectivity index (χ3n) is 5.53. The van der Waals surface area contributed by atoms with Crippen LogP contribution in [-0.2, 0) is 24.2 Å². The molecular weight excluding hydrogens is 360 g/mol. The van der Waals surface area contributed by atoms with Crippen LogP contribution in [0.15, 0.2) is 23.8 Å². The first-order chi connectivity index (χ1) is 13.3. The molecule has 0 spiro atoms. The number of amides is 1. The topological polar surface area (TPSA) is 75.4 Å². The number of aromatic nitrogens is 4. The first-order valence-electron chi connectivity index (χ1n) is 9.56. The van der Waals surface area contributed by atoms with Gasteiger partial charge in [0.05, 0.1) is 18.2 Å². The maximum atomic E-state index is 12.7.